The molecule has 21 heavy (non-hydrogen) atoms. The normalized spacial score (nSPS) is 10.5. The van der Waals surface area contributed by atoms with Crippen LogP contribution in [0.3, 0.4) is 0 Å². The number of anilines is 1. The fourth-order valence-electron chi connectivity index (χ4n) is 2.03. The first kappa shape index (κ1) is 15.0. The number of aryl methyl sites for hydroxylation is 1. The van der Waals surface area contributed by atoms with E-state index in [2.05, 4.69) is 5.32 Å². The number of benzene rings is 2. The van der Waals surface area contributed by atoms with Crippen molar-refractivity contribution in [1.82, 2.24) is 0 Å². The van der Waals surface area contributed by atoms with E-state index in [1.165, 1.54) is 12.1 Å². The summed E-state index contributed by atoms with van der Waals surface area (Å²) in [6.07, 6.45) is 0. The number of rotatable bonds is 4. The van der Waals surface area contributed by atoms with Crippen molar-refractivity contribution < 1.29 is 13.6 Å². The second kappa shape index (κ2) is 5.91. The third-order valence-electron chi connectivity index (χ3n) is 3.30. The van der Waals surface area contributed by atoms with Crippen LogP contribution in [0, 0.1) is 25.5 Å². The molecule has 0 aliphatic heterocycles. The first-order chi connectivity index (χ1) is 9.88. The van der Waals surface area contributed by atoms with Crippen LogP contribution in [0.4, 0.5) is 14.5 Å². The molecule has 0 saturated heterocycles. The molecule has 0 saturated carbocycles. The lowest BCUT2D eigenvalue weighted by Gasteiger charge is -2.12. The fraction of sp³-hybridized carbons (Fsp3) is 0.188. The predicted molar refractivity (Wildman–Crippen MR) is 78.1 cm³/mol. The van der Waals surface area contributed by atoms with E-state index in [-0.39, 0.29) is 17.9 Å². The summed E-state index contributed by atoms with van der Waals surface area (Å²) in [6, 6.07) is 7.34. The molecule has 1 amide bonds. The maximum atomic E-state index is 13.7. The van der Waals surface area contributed by atoms with Gasteiger partial charge in [-0.25, -0.2) is 8.78 Å². The molecule has 110 valence electrons. The van der Waals surface area contributed by atoms with Gasteiger partial charge in [-0.05, 0) is 32.0 Å². The van der Waals surface area contributed by atoms with E-state index in [4.69, 9.17) is 5.73 Å². The third kappa shape index (κ3) is 3.37. The van der Waals surface area contributed by atoms with Gasteiger partial charge in [0.2, 0.25) is 5.91 Å². The second-order valence-electron chi connectivity index (χ2n) is 4.94. The molecule has 0 aliphatic carbocycles. The van der Waals surface area contributed by atoms with E-state index >= 15 is 0 Å². The molecule has 0 radical (unpaired) electrons. The van der Waals surface area contributed by atoms with Gasteiger partial charge in [0.25, 0.3) is 0 Å². The molecule has 0 spiro atoms. The summed E-state index contributed by atoms with van der Waals surface area (Å²) in [4.78, 5) is 11.2. The standard InChI is InChI=1S/C16H16F2N2O/c1-9-3-4-13(17)12(5-9)8-20-15-7-11(16(19)21)6-14(18)10(15)2/h3-7,20H,8H2,1-2H3,(H2,19,21). The van der Waals surface area contributed by atoms with Crippen molar-refractivity contribution in [3.05, 3.63) is 64.2 Å². The Bertz CT molecular complexity index is 699. The van der Waals surface area contributed by atoms with E-state index in [0.29, 0.717) is 16.8 Å². The number of amides is 1. The second-order valence-corrected chi connectivity index (χ2v) is 4.94. The molecular weight excluding hydrogens is 274 g/mol. The monoisotopic (exact) mass is 290 g/mol. The minimum atomic E-state index is -0.710. The van der Waals surface area contributed by atoms with Gasteiger partial charge in [-0.3, -0.25) is 4.79 Å². The number of carbonyl (C=O) groups is 1. The van der Waals surface area contributed by atoms with Crippen LogP contribution in [0.15, 0.2) is 30.3 Å². The summed E-state index contributed by atoms with van der Waals surface area (Å²) >= 11 is 0. The van der Waals surface area contributed by atoms with E-state index in [1.807, 2.05) is 6.92 Å². The number of carbonyl (C=O) groups excluding carboxylic acids is 1. The zero-order chi connectivity index (χ0) is 15.6. The van der Waals surface area contributed by atoms with E-state index in [9.17, 15) is 13.6 Å². The van der Waals surface area contributed by atoms with Crippen molar-refractivity contribution in [3.8, 4) is 0 Å². The average Bonchev–Trinajstić information content (AvgIpc) is 2.43. The van der Waals surface area contributed by atoms with Gasteiger partial charge in [-0.1, -0.05) is 17.7 Å². The highest BCUT2D eigenvalue weighted by Crippen LogP contribution is 2.22. The van der Waals surface area contributed by atoms with Crippen molar-refractivity contribution in [2.24, 2.45) is 5.73 Å². The molecule has 5 heteroatoms. The topological polar surface area (TPSA) is 55.1 Å². The van der Waals surface area contributed by atoms with Gasteiger partial charge in [0.15, 0.2) is 0 Å². The molecule has 0 bridgehead atoms. The van der Waals surface area contributed by atoms with Gasteiger partial charge in [-0.15, -0.1) is 0 Å². The molecule has 0 aliphatic rings. The summed E-state index contributed by atoms with van der Waals surface area (Å²) in [5.74, 6) is -1.57. The number of nitrogens with two attached hydrogens (primary N) is 1. The largest absolute Gasteiger partial charge is 0.381 e. The van der Waals surface area contributed by atoms with Crippen molar-refractivity contribution >= 4 is 11.6 Å². The maximum Gasteiger partial charge on any atom is 0.248 e. The molecule has 0 atom stereocenters. The Morgan fingerprint density at radius 3 is 2.52 bits per heavy atom. The first-order valence-electron chi connectivity index (χ1n) is 6.47. The Labute approximate surface area is 121 Å². The van der Waals surface area contributed by atoms with Gasteiger partial charge < -0.3 is 11.1 Å². The lowest BCUT2D eigenvalue weighted by atomic mass is 10.1. The van der Waals surface area contributed by atoms with E-state index in [1.54, 1.807) is 19.1 Å². The molecule has 3 N–H and O–H groups in total. The van der Waals surface area contributed by atoms with Crippen LogP contribution in [0.25, 0.3) is 0 Å². The molecule has 0 heterocycles. The van der Waals surface area contributed by atoms with Crippen LogP contribution in [0.2, 0.25) is 0 Å². The van der Waals surface area contributed by atoms with Crippen LogP contribution in [-0.2, 0) is 6.54 Å². The molecule has 2 aromatic rings. The minimum Gasteiger partial charge on any atom is -0.381 e. The van der Waals surface area contributed by atoms with Crippen molar-refractivity contribution in [2.45, 2.75) is 20.4 Å². The Morgan fingerprint density at radius 2 is 1.86 bits per heavy atom. The van der Waals surface area contributed by atoms with Crippen molar-refractivity contribution in [3.63, 3.8) is 0 Å². The van der Waals surface area contributed by atoms with Gasteiger partial charge in [0.05, 0.1) is 0 Å². The Morgan fingerprint density at radius 1 is 1.14 bits per heavy atom. The van der Waals surface area contributed by atoms with Gasteiger partial charge >= 0.3 is 0 Å². The molecule has 0 fully saturated rings. The SMILES string of the molecule is Cc1ccc(F)c(CNc2cc(C(N)=O)cc(F)c2C)c1. The number of nitrogens with one attached hydrogen (secondary N) is 1. The minimum absolute atomic E-state index is 0.0744. The quantitative estimate of drug-likeness (QED) is 0.907. The lowest BCUT2D eigenvalue weighted by Crippen LogP contribution is -2.13. The maximum absolute atomic E-state index is 13.7. The van der Waals surface area contributed by atoms with Gasteiger partial charge in [0.1, 0.15) is 11.6 Å². The highest BCUT2D eigenvalue weighted by molar-refractivity contribution is 5.94. The van der Waals surface area contributed by atoms with Crippen molar-refractivity contribution in [2.75, 3.05) is 5.32 Å². The Balaban J connectivity index is 2.27. The highest BCUT2D eigenvalue weighted by Gasteiger charge is 2.11. The summed E-state index contributed by atoms with van der Waals surface area (Å²) in [7, 11) is 0. The van der Waals surface area contributed by atoms with Crippen LogP contribution < -0.4 is 11.1 Å². The van der Waals surface area contributed by atoms with Crippen LogP contribution in [-0.4, -0.2) is 5.91 Å². The summed E-state index contributed by atoms with van der Waals surface area (Å²) in [6.45, 7) is 3.63. The smallest absolute Gasteiger partial charge is 0.248 e. The zero-order valence-electron chi connectivity index (χ0n) is 11.8. The Kier molecular flexibility index (Phi) is 4.21. The predicted octanol–water partition coefficient (Wildman–Crippen LogP) is 3.29. The Hall–Kier alpha value is -2.43. The van der Waals surface area contributed by atoms with Crippen LogP contribution in [0.5, 0.6) is 0 Å². The molecule has 2 aromatic carbocycles. The van der Waals surface area contributed by atoms with Crippen LogP contribution in [0.1, 0.15) is 27.0 Å². The number of primary amides is 1. The molecule has 0 unspecified atom stereocenters. The molecular formula is C16H16F2N2O. The number of halogens is 2. The first-order valence-corrected chi connectivity index (χ1v) is 6.47. The van der Waals surface area contributed by atoms with Gasteiger partial charge in [-0.2, -0.15) is 0 Å². The molecule has 3 nitrogen and oxygen atoms in total. The summed E-state index contributed by atoms with van der Waals surface area (Å²) in [5, 5.41) is 2.95. The zero-order valence-corrected chi connectivity index (χ0v) is 11.8. The van der Waals surface area contributed by atoms with Gasteiger partial charge in [0, 0.05) is 28.9 Å². The molecule has 0 aromatic heterocycles. The summed E-state index contributed by atoms with van der Waals surface area (Å²) in [5.41, 5.74) is 7.41. The number of hydrogen-bond donors (Lipinski definition) is 2. The van der Waals surface area contributed by atoms with E-state index in [0.717, 1.165) is 11.6 Å². The molecule has 2 rings (SSSR count). The van der Waals surface area contributed by atoms with Crippen molar-refractivity contribution in [1.29, 1.82) is 0 Å². The number of hydrogen-bond acceptors (Lipinski definition) is 2. The van der Waals surface area contributed by atoms with E-state index < -0.39 is 11.7 Å². The van der Waals surface area contributed by atoms with Crippen LogP contribution >= 0.6 is 0 Å². The summed E-state index contributed by atoms with van der Waals surface area (Å²) < 4.78 is 27.4. The highest BCUT2D eigenvalue weighted by atomic mass is 19.1. The fourth-order valence-corrected chi connectivity index (χ4v) is 2.03. The third-order valence-corrected chi connectivity index (χ3v) is 3.30. The average molecular weight is 290 g/mol. The lowest BCUT2D eigenvalue weighted by molar-refractivity contribution is 0.1000.